The highest BCUT2D eigenvalue weighted by atomic mass is 35.5. The molecule has 0 radical (unpaired) electrons. The number of ether oxygens (including phenoxy) is 3. The van der Waals surface area contributed by atoms with Gasteiger partial charge >= 0.3 is 18.2 Å². The SMILES string of the molecule is CC(C)(C)c1ccc(CN2C3CCC2CC(CN(C(=O)NC2CCOCC2)c2ccc(N4CCOCC4)c(F)c2)C3)cc1.CCCS(=O)(=O)N1CCC(CNC(=O)c2ccccc2Cl)(c2ccccc2)CC1.O=C(NC1CCCC1)N(CC1CCN(CCc2cccc(C(F)(F)F)c2)CC1)c1ccc(N2CCOCC2)c(F)c1.[C-]#[N+]C1=CCc2ccc(CCCN3CCN(c4nsc5ccccc45)CC3)cc21. The Kier molecular flexibility index (Phi) is 36.3. The molecule has 22 nitrogen and oxygen atoms in total. The fraction of sp³-hybridized carbons (Fsp3) is 0.509. The van der Waals surface area contributed by atoms with Crippen LogP contribution in [-0.4, -0.2) is 231 Å². The van der Waals surface area contributed by atoms with Crippen LogP contribution in [0, 0.1) is 30.0 Å². The summed E-state index contributed by atoms with van der Waals surface area (Å²) in [7, 11) is -3.22. The van der Waals surface area contributed by atoms with Crippen molar-refractivity contribution in [1.29, 1.82) is 0 Å². The van der Waals surface area contributed by atoms with E-state index in [0.29, 0.717) is 188 Å². The van der Waals surface area contributed by atoms with Gasteiger partial charge < -0.3 is 49.8 Å². The van der Waals surface area contributed by atoms with E-state index >= 15 is 8.78 Å². The van der Waals surface area contributed by atoms with Gasteiger partial charge in [-0.05, 0) is 263 Å². The van der Waals surface area contributed by atoms with Crippen LogP contribution in [0.3, 0.4) is 0 Å². The van der Waals surface area contributed by atoms with Crippen LogP contribution >= 0.6 is 23.1 Å². The fourth-order valence-corrected chi connectivity index (χ4v) is 24.6. The van der Waals surface area contributed by atoms with E-state index in [2.05, 4.69) is 140 Å². The molecule has 1 saturated carbocycles. The second kappa shape index (κ2) is 49.2. The quantitative estimate of drug-likeness (QED) is 0.0325. The first-order valence-electron chi connectivity index (χ1n) is 51.5. The molecule has 760 valence electrons. The first kappa shape index (κ1) is 105. The molecule has 8 aromatic carbocycles. The number of nitrogens with one attached hydrogen (secondary N) is 3. The number of rotatable bonds is 27. The number of hydrogen-bond acceptors (Lipinski definition) is 16. The zero-order chi connectivity index (χ0) is 99.3. The van der Waals surface area contributed by atoms with Gasteiger partial charge in [0.25, 0.3) is 5.91 Å². The van der Waals surface area contributed by atoms with Gasteiger partial charge in [-0.25, -0.2) is 35.9 Å². The van der Waals surface area contributed by atoms with E-state index in [9.17, 15) is 36.0 Å². The summed E-state index contributed by atoms with van der Waals surface area (Å²) in [5.41, 5.74) is 11.2. The Morgan fingerprint density at radius 1 is 0.577 bits per heavy atom. The second-order valence-electron chi connectivity index (χ2n) is 40.9. The normalized spacial score (nSPS) is 20.1. The van der Waals surface area contributed by atoms with Crippen molar-refractivity contribution in [3.63, 3.8) is 0 Å². The van der Waals surface area contributed by atoms with Gasteiger partial charge in [0.15, 0.2) is 5.70 Å². The second-order valence-corrected chi connectivity index (χ2v) is 44.2. The van der Waals surface area contributed by atoms with Crippen molar-refractivity contribution in [2.45, 2.75) is 197 Å². The van der Waals surface area contributed by atoms with Gasteiger partial charge in [0.05, 0.1) is 71.0 Å². The first-order chi connectivity index (χ1) is 68.7. The number of nitrogens with zero attached hydrogens (tertiary/aromatic N) is 11. The zero-order valence-electron chi connectivity index (χ0n) is 82.7. The number of likely N-dealkylation sites (tertiary alicyclic amines) is 1. The molecule has 2 bridgehead atoms. The van der Waals surface area contributed by atoms with E-state index in [1.165, 1.54) is 63.4 Å². The number of alkyl halides is 3. The molecule has 9 aromatic rings. The topological polar surface area (TPSA) is 196 Å². The molecule has 3 N–H and O–H groups in total. The van der Waals surface area contributed by atoms with Crippen molar-refractivity contribution >= 4 is 95.5 Å². The predicted molar refractivity (Wildman–Crippen MR) is 559 cm³/mol. The van der Waals surface area contributed by atoms with Crippen LogP contribution in [0.4, 0.5) is 60.1 Å². The molecular weight excluding hydrogens is 1860 g/mol. The Labute approximate surface area is 845 Å². The van der Waals surface area contributed by atoms with Crippen molar-refractivity contribution in [2.75, 3.05) is 181 Å². The largest absolute Gasteiger partial charge is 0.416 e. The lowest BCUT2D eigenvalue weighted by molar-refractivity contribution is -0.137. The molecule has 5 amide bonds. The third kappa shape index (κ3) is 27.5. The average Bonchev–Trinajstić information content (AvgIpc) is 1.13. The molecule has 142 heavy (non-hydrogen) atoms. The maximum absolute atomic E-state index is 15.5. The highest BCUT2D eigenvalue weighted by molar-refractivity contribution is 7.89. The van der Waals surface area contributed by atoms with Crippen LogP contribution in [0.5, 0.6) is 0 Å². The number of aryl methyl sites for hydroxylation is 1. The molecule has 9 fully saturated rings. The minimum absolute atomic E-state index is 0.0870. The summed E-state index contributed by atoms with van der Waals surface area (Å²) in [4.78, 5) is 61.1. The van der Waals surface area contributed by atoms with Crippen molar-refractivity contribution in [3.8, 4) is 0 Å². The number of piperazine rings is 1. The molecule has 2 atom stereocenters. The summed E-state index contributed by atoms with van der Waals surface area (Å²) in [5.74, 6) is 1.12. The van der Waals surface area contributed by atoms with E-state index in [4.69, 9.17) is 36.8 Å². The molecule has 19 rings (SSSR count). The van der Waals surface area contributed by atoms with E-state index in [-0.39, 0.29) is 64.2 Å². The zero-order valence-corrected chi connectivity index (χ0v) is 85.1. The number of piperidine rings is 3. The van der Waals surface area contributed by atoms with Crippen LogP contribution in [0.25, 0.3) is 20.6 Å². The van der Waals surface area contributed by atoms with Gasteiger partial charge in [0.1, 0.15) is 17.5 Å². The number of aromatic nitrogens is 1. The number of benzene rings is 8. The van der Waals surface area contributed by atoms with Crippen LogP contribution in [0.1, 0.15) is 185 Å². The lowest BCUT2D eigenvalue weighted by atomic mass is 9.73. The summed E-state index contributed by atoms with van der Waals surface area (Å²) < 4.78 is 119. The molecule has 8 saturated heterocycles. The molecule has 2 aliphatic carbocycles. The summed E-state index contributed by atoms with van der Waals surface area (Å²) in [6.07, 6.45) is 15.4. The number of amides is 5. The van der Waals surface area contributed by atoms with Crippen molar-refractivity contribution in [3.05, 3.63) is 266 Å². The van der Waals surface area contributed by atoms with Crippen molar-refractivity contribution < 1.29 is 59.0 Å². The molecule has 10 aliphatic rings. The van der Waals surface area contributed by atoms with E-state index < -0.39 is 21.8 Å². The van der Waals surface area contributed by atoms with Gasteiger partial charge in [0, 0.05) is 158 Å². The van der Waals surface area contributed by atoms with E-state index in [1.54, 1.807) is 63.2 Å². The monoisotopic (exact) mass is 2000 g/mol. The standard InChI is InChI=1S/C35H49FN4O3.C31H40F4N4O2.C24H24N4S.C22H27ClN2O3S/c1-35(2,3)27-6-4-25(5-7-27)23-39-29-8-9-30(39)21-26(20-29)24-40(34(41)37-28-12-16-42-17-13-28)31-10-11-33(32(36)22-31)38-14-18-43-19-15-38;32-28-21-27(8-9-29(28)38-16-18-41-19-17-38)39(30(40)36-26-6-1-2-7-26)22-24-11-14-37(15-12-24)13-10-23-4-3-5-25(20-23)31(33,34)35;1-25-22-11-10-19-9-8-18(17-21(19)22)5-4-12-27-13-15-28(16-14-27)24-20-6-2-3-7-23(20)29-26-24;1-2-16-29(27,28)25-14-12-22(13-15-25,18-8-4-3-5-9-18)17-24-21(26)19-10-6-7-11-20(19)23/h4-7,10-11,22,26,28-30H,8-9,12-21,23-24H2,1-3H3,(H,37,41);3-5,8-9,20-21,24,26H,1-2,6-7,10-19,22H2,(H,36,40);2-3,6-9,11,17H,4-5,10,12-16H2;3-11H,2,12-17H2,1H3,(H,24,26). The van der Waals surface area contributed by atoms with Gasteiger partial charge in [-0.15, -0.1) is 0 Å². The average molecular weight is 2010 g/mol. The number of anilines is 5. The lowest BCUT2D eigenvalue weighted by Crippen LogP contribution is -2.50. The number of fused-ring (bicyclic) bond motifs is 4. The van der Waals surface area contributed by atoms with Crippen molar-refractivity contribution in [1.82, 2.24) is 39.3 Å². The highest BCUT2D eigenvalue weighted by Gasteiger charge is 2.44. The number of allylic oxidation sites excluding steroid dienone is 1. The number of carbonyl (C=O) groups excluding carboxylic acids is 3. The Hall–Kier alpha value is -10.1. The third-order valence-electron chi connectivity index (χ3n) is 30.3. The highest BCUT2D eigenvalue weighted by Crippen LogP contribution is 2.44. The summed E-state index contributed by atoms with van der Waals surface area (Å²) >= 11 is 7.76. The molecular formula is C112H140ClF5N14O8S2. The van der Waals surface area contributed by atoms with Crippen LogP contribution in [-0.2, 0) is 67.0 Å². The molecule has 2 unspecified atom stereocenters. The Morgan fingerprint density at radius 3 is 1.76 bits per heavy atom. The van der Waals surface area contributed by atoms with Crippen LogP contribution in [0.2, 0.25) is 5.02 Å². The Morgan fingerprint density at radius 2 is 1.15 bits per heavy atom. The molecule has 30 heteroatoms. The molecule has 1 aromatic heterocycles. The minimum Gasteiger partial charge on any atom is -0.381 e. The summed E-state index contributed by atoms with van der Waals surface area (Å²) in [5, 5.41) is 11.2. The van der Waals surface area contributed by atoms with Crippen molar-refractivity contribution in [2.24, 2.45) is 11.8 Å². The smallest absolute Gasteiger partial charge is 0.381 e. The molecule has 0 spiro atoms. The number of halogens is 6. The minimum atomic E-state index is -4.34. The molecule has 8 aliphatic heterocycles. The van der Waals surface area contributed by atoms with E-state index in [0.717, 1.165) is 165 Å². The van der Waals surface area contributed by atoms with Crippen LogP contribution in [0.15, 0.2) is 188 Å². The number of carbonyl (C=O) groups is 3. The maximum Gasteiger partial charge on any atom is 0.416 e. The van der Waals surface area contributed by atoms with Gasteiger partial charge in [-0.1, -0.05) is 173 Å². The number of hydrogen-bond donors (Lipinski definition) is 3. The van der Waals surface area contributed by atoms with Crippen LogP contribution < -0.4 is 40.4 Å². The first-order valence-corrected chi connectivity index (χ1v) is 54.3. The van der Waals surface area contributed by atoms with Gasteiger partial charge in [-0.3, -0.25) is 24.4 Å². The lowest BCUT2D eigenvalue weighted by Gasteiger charge is -2.42. The predicted octanol–water partition coefficient (Wildman–Crippen LogP) is 20.9. The summed E-state index contributed by atoms with van der Waals surface area (Å²) in [6.45, 7) is 33.4. The van der Waals surface area contributed by atoms with Gasteiger partial charge in [-0.2, -0.15) is 17.5 Å². The summed E-state index contributed by atoms with van der Waals surface area (Å²) in [6, 6.07) is 58.3. The number of urea groups is 2. The third-order valence-corrected chi connectivity index (χ3v) is 33.5. The number of morpholine rings is 2. The fourth-order valence-electron chi connectivity index (χ4n) is 22.0. The number of sulfonamides is 1. The maximum atomic E-state index is 15.5. The molecule has 9 heterocycles. The van der Waals surface area contributed by atoms with Gasteiger partial charge in [0.2, 0.25) is 10.0 Å². The Bertz CT molecular complexity index is 5850. The Balaban J connectivity index is 0.000000138. The van der Waals surface area contributed by atoms with E-state index in [1.807, 2.05) is 64.1 Å².